The third-order valence-electron chi connectivity index (χ3n) is 3.25. The second kappa shape index (κ2) is 4.78. The lowest BCUT2D eigenvalue weighted by atomic mass is 9.96. The highest BCUT2D eigenvalue weighted by atomic mass is 16.2. The number of likely N-dealkylation sites (N-methyl/N-ethyl adjacent to an activating group) is 1. The summed E-state index contributed by atoms with van der Waals surface area (Å²) in [4.78, 5) is 14.1. The van der Waals surface area contributed by atoms with Crippen molar-refractivity contribution in [3.63, 3.8) is 0 Å². The number of piperidine rings is 1. The van der Waals surface area contributed by atoms with Crippen LogP contribution in [-0.2, 0) is 4.79 Å². The van der Waals surface area contributed by atoms with Crippen LogP contribution < -0.4 is 5.32 Å². The minimum Gasteiger partial charge on any atom is -0.336 e. The van der Waals surface area contributed by atoms with Gasteiger partial charge in [-0.15, -0.1) is 0 Å². The number of amides is 1. The molecular weight excluding hydrogens is 176 g/mol. The summed E-state index contributed by atoms with van der Waals surface area (Å²) in [6.07, 6.45) is 3.54. The van der Waals surface area contributed by atoms with Gasteiger partial charge in [0.15, 0.2) is 0 Å². The first-order valence-electron chi connectivity index (χ1n) is 5.57. The number of likely N-dealkylation sites (tertiary alicyclic amines) is 1. The van der Waals surface area contributed by atoms with Crippen LogP contribution in [0.2, 0.25) is 0 Å². The van der Waals surface area contributed by atoms with Gasteiger partial charge in [0.25, 0.3) is 0 Å². The van der Waals surface area contributed by atoms with E-state index in [4.69, 9.17) is 0 Å². The van der Waals surface area contributed by atoms with Gasteiger partial charge in [-0.2, -0.15) is 0 Å². The fourth-order valence-electron chi connectivity index (χ4n) is 2.20. The topological polar surface area (TPSA) is 32.3 Å². The second-order valence-corrected chi connectivity index (χ2v) is 4.38. The summed E-state index contributed by atoms with van der Waals surface area (Å²) in [5, 5.41) is 3.01. The molecule has 1 aliphatic rings. The molecule has 3 nitrogen and oxygen atoms in total. The van der Waals surface area contributed by atoms with Crippen LogP contribution in [0.5, 0.6) is 0 Å². The molecule has 1 aliphatic heterocycles. The van der Waals surface area contributed by atoms with Gasteiger partial charge in [-0.3, -0.25) is 4.79 Å². The molecule has 0 aromatic carbocycles. The van der Waals surface area contributed by atoms with E-state index >= 15 is 0 Å². The predicted octanol–water partition coefficient (Wildman–Crippen LogP) is 1.38. The Balaban J connectivity index is 2.67. The molecule has 0 saturated carbocycles. The predicted molar refractivity (Wildman–Crippen MR) is 58.1 cm³/mol. The van der Waals surface area contributed by atoms with Gasteiger partial charge in [0.1, 0.15) is 0 Å². The molecule has 1 fully saturated rings. The molecule has 0 aromatic rings. The van der Waals surface area contributed by atoms with Crippen LogP contribution in [0.4, 0.5) is 0 Å². The number of hydrogen-bond donors (Lipinski definition) is 1. The number of carbonyl (C=O) groups excluding carboxylic acids is 1. The van der Waals surface area contributed by atoms with Crippen molar-refractivity contribution in [3.8, 4) is 0 Å². The van der Waals surface area contributed by atoms with Crippen molar-refractivity contribution in [1.29, 1.82) is 0 Å². The number of nitrogens with zero attached hydrogens (tertiary/aromatic N) is 1. The average Bonchev–Trinajstić information content (AvgIpc) is 2.16. The maximum atomic E-state index is 12.0. The molecular formula is C11H22N2O. The Morgan fingerprint density at radius 1 is 1.36 bits per heavy atom. The second-order valence-electron chi connectivity index (χ2n) is 4.38. The summed E-state index contributed by atoms with van der Waals surface area (Å²) in [5.74, 6) is 0.243. The van der Waals surface area contributed by atoms with Crippen LogP contribution in [0, 0.1) is 0 Å². The Hall–Kier alpha value is -0.570. The average molecular weight is 198 g/mol. The van der Waals surface area contributed by atoms with Gasteiger partial charge in [-0.25, -0.2) is 0 Å². The van der Waals surface area contributed by atoms with E-state index in [1.54, 1.807) is 0 Å². The summed E-state index contributed by atoms with van der Waals surface area (Å²) < 4.78 is 0. The van der Waals surface area contributed by atoms with Gasteiger partial charge in [0, 0.05) is 12.1 Å². The number of carbonyl (C=O) groups is 1. The molecule has 1 amide bonds. The Morgan fingerprint density at radius 3 is 2.29 bits per heavy atom. The molecule has 1 N–H and O–H groups in total. The molecule has 0 aliphatic carbocycles. The highest BCUT2D eigenvalue weighted by Crippen LogP contribution is 2.22. The zero-order chi connectivity index (χ0) is 10.7. The molecule has 1 rings (SSSR count). The Bertz CT molecular complexity index is 195. The molecule has 3 atom stereocenters. The normalized spacial score (nSPS) is 30.1. The fraction of sp³-hybridized carbons (Fsp3) is 0.909. The van der Waals surface area contributed by atoms with Crippen molar-refractivity contribution in [2.24, 2.45) is 0 Å². The Kier molecular flexibility index (Phi) is 3.93. The van der Waals surface area contributed by atoms with Gasteiger partial charge >= 0.3 is 0 Å². The lowest BCUT2D eigenvalue weighted by Gasteiger charge is -2.40. The molecule has 0 bridgehead atoms. The van der Waals surface area contributed by atoms with Gasteiger partial charge in [0.2, 0.25) is 5.91 Å². The lowest BCUT2D eigenvalue weighted by Crippen LogP contribution is -2.53. The van der Waals surface area contributed by atoms with Crippen LogP contribution in [0.1, 0.15) is 40.0 Å². The van der Waals surface area contributed by atoms with E-state index in [0.717, 1.165) is 12.8 Å². The third-order valence-corrected chi connectivity index (χ3v) is 3.25. The molecule has 0 radical (unpaired) electrons. The van der Waals surface area contributed by atoms with Crippen LogP contribution in [0.15, 0.2) is 0 Å². The monoisotopic (exact) mass is 198 g/mol. The molecule has 3 heteroatoms. The largest absolute Gasteiger partial charge is 0.336 e. The number of hydrogen-bond acceptors (Lipinski definition) is 2. The third kappa shape index (κ3) is 2.27. The van der Waals surface area contributed by atoms with Crippen molar-refractivity contribution in [3.05, 3.63) is 0 Å². The molecule has 1 heterocycles. The van der Waals surface area contributed by atoms with E-state index in [0.29, 0.717) is 12.1 Å². The number of nitrogens with one attached hydrogen (secondary N) is 1. The fourth-order valence-corrected chi connectivity index (χ4v) is 2.20. The smallest absolute Gasteiger partial charge is 0.239 e. The van der Waals surface area contributed by atoms with Crippen molar-refractivity contribution in [1.82, 2.24) is 10.2 Å². The summed E-state index contributed by atoms with van der Waals surface area (Å²) >= 11 is 0. The zero-order valence-corrected chi connectivity index (χ0v) is 9.71. The molecule has 1 saturated heterocycles. The SMILES string of the molecule is CNC(C)C(=O)N1C(C)CCCC1C. The van der Waals surface area contributed by atoms with Crippen molar-refractivity contribution < 1.29 is 4.79 Å². The van der Waals surface area contributed by atoms with Crippen LogP contribution in [0.3, 0.4) is 0 Å². The standard InChI is InChI=1S/C11H22N2O/c1-8-6-5-7-9(2)13(8)11(14)10(3)12-4/h8-10,12H,5-7H2,1-4H3. The van der Waals surface area contributed by atoms with E-state index in [2.05, 4.69) is 19.2 Å². The quantitative estimate of drug-likeness (QED) is 0.727. The van der Waals surface area contributed by atoms with Crippen molar-refractivity contribution in [2.75, 3.05) is 7.05 Å². The van der Waals surface area contributed by atoms with Crippen molar-refractivity contribution >= 4 is 5.91 Å². The molecule has 82 valence electrons. The van der Waals surface area contributed by atoms with Gasteiger partial charge < -0.3 is 10.2 Å². The van der Waals surface area contributed by atoms with Gasteiger partial charge in [-0.1, -0.05) is 0 Å². The van der Waals surface area contributed by atoms with Gasteiger partial charge in [-0.05, 0) is 47.1 Å². The van der Waals surface area contributed by atoms with E-state index in [9.17, 15) is 4.79 Å². The highest BCUT2D eigenvalue weighted by molar-refractivity contribution is 5.82. The number of rotatable bonds is 2. The summed E-state index contributed by atoms with van der Waals surface area (Å²) in [6.45, 7) is 6.22. The van der Waals surface area contributed by atoms with Crippen LogP contribution in [0.25, 0.3) is 0 Å². The molecule has 3 unspecified atom stereocenters. The van der Waals surface area contributed by atoms with Crippen LogP contribution >= 0.6 is 0 Å². The summed E-state index contributed by atoms with van der Waals surface area (Å²) in [6, 6.07) is 0.752. The Morgan fingerprint density at radius 2 is 1.86 bits per heavy atom. The van der Waals surface area contributed by atoms with Gasteiger partial charge in [0.05, 0.1) is 6.04 Å². The first-order valence-corrected chi connectivity index (χ1v) is 5.57. The summed E-state index contributed by atoms with van der Waals surface area (Å²) in [5.41, 5.74) is 0. The minimum atomic E-state index is -0.0574. The first kappa shape index (κ1) is 11.5. The highest BCUT2D eigenvalue weighted by Gasteiger charge is 2.30. The van der Waals surface area contributed by atoms with E-state index < -0.39 is 0 Å². The van der Waals surface area contributed by atoms with Crippen molar-refractivity contribution in [2.45, 2.75) is 58.2 Å². The minimum absolute atomic E-state index is 0.0574. The van der Waals surface area contributed by atoms with E-state index in [-0.39, 0.29) is 11.9 Å². The Labute approximate surface area is 86.9 Å². The molecule has 0 aromatic heterocycles. The molecule has 0 spiro atoms. The first-order chi connectivity index (χ1) is 6.57. The maximum absolute atomic E-state index is 12.0. The lowest BCUT2D eigenvalue weighted by molar-refractivity contribution is -0.139. The van der Waals surface area contributed by atoms with E-state index in [1.165, 1.54) is 6.42 Å². The maximum Gasteiger partial charge on any atom is 0.239 e. The zero-order valence-electron chi connectivity index (χ0n) is 9.71. The van der Waals surface area contributed by atoms with E-state index in [1.807, 2.05) is 18.9 Å². The summed E-state index contributed by atoms with van der Waals surface area (Å²) in [7, 11) is 1.84. The van der Waals surface area contributed by atoms with Crippen LogP contribution in [-0.4, -0.2) is 36.0 Å². The molecule has 14 heavy (non-hydrogen) atoms.